The highest BCUT2D eigenvalue weighted by Gasteiger charge is 2.21. The first-order chi connectivity index (χ1) is 12.7. The topological polar surface area (TPSA) is 0 Å². The maximum atomic E-state index is 2.49. The number of hydrogen-bond donors (Lipinski definition) is 0. The van der Waals surface area contributed by atoms with Gasteiger partial charge in [-0.05, 0) is 25.7 Å². The smallest absolute Gasteiger partial charge is 0.104 e. The van der Waals surface area contributed by atoms with E-state index >= 15 is 0 Å². The van der Waals surface area contributed by atoms with Gasteiger partial charge < -0.3 is 21.5 Å². The largest absolute Gasteiger partial charge is 1.00 e. The van der Waals surface area contributed by atoms with Crippen LogP contribution in [0.15, 0.2) is 30.3 Å². The molecular weight excluding hydrogens is 394 g/mol. The minimum absolute atomic E-state index is 0. The predicted molar refractivity (Wildman–Crippen MR) is 117 cm³/mol. The normalized spacial score (nSPS) is 13.1. The van der Waals surface area contributed by atoms with Gasteiger partial charge in [0.15, 0.2) is 0 Å². The van der Waals surface area contributed by atoms with Crippen molar-refractivity contribution in [3.63, 3.8) is 0 Å². The van der Waals surface area contributed by atoms with E-state index < -0.39 is 0 Å². The summed E-state index contributed by atoms with van der Waals surface area (Å²) in [6.07, 6.45) is 18.3. The standard InChI is InChI=1S/C25H46N.BrH/c1-4-6-8-10-11-12-14-19-23-26(3,22-18-13-9-7-5-2)24-25-20-16-15-17-21-25;/h15-17,20-21H,4-14,18-19,22-24H2,1-3H3;1H/q+1;/p-1. The first-order valence-electron chi connectivity index (χ1n) is 11.6. The van der Waals surface area contributed by atoms with Crippen molar-refractivity contribution in [2.75, 3.05) is 20.1 Å². The lowest BCUT2D eigenvalue weighted by Crippen LogP contribution is -3.00. The highest BCUT2D eigenvalue weighted by Crippen LogP contribution is 2.17. The van der Waals surface area contributed by atoms with Crippen molar-refractivity contribution < 1.29 is 21.5 Å². The predicted octanol–water partition coefficient (Wildman–Crippen LogP) is 4.75. The Morgan fingerprint density at radius 3 is 1.44 bits per heavy atom. The van der Waals surface area contributed by atoms with Crippen LogP contribution in [0.4, 0.5) is 0 Å². The minimum atomic E-state index is 0. The average molecular weight is 441 g/mol. The van der Waals surface area contributed by atoms with Crippen molar-refractivity contribution in [1.82, 2.24) is 0 Å². The Morgan fingerprint density at radius 1 is 0.593 bits per heavy atom. The number of halogens is 1. The molecule has 0 aliphatic rings. The van der Waals surface area contributed by atoms with E-state index in [0.29, 0.717) is 0 Å². The fourth-order valence-electron chi connectivity index (χ4n) is 4.02. The molecule has 0 saturated carbocycles. The van der Waals surface area contributed by atoms with E-state index in [4.69, 9.17) is 0 Å². The minimum Gasteiger partial charge on any atom is -1.00 e. The van der Waals surface area contributed by atoms with Gasteiger partial charge >= 0.3 is 0 Å². The molecule has 0 N–H and O–H groups in total. The van der Waals surface area contributed by atoms with Crippen LogP contribution in [-0.4, -0.2) is 24.6 Å². The molecule has 0 aromatic heterocycles. The highest BCUT2D eigenvalue weighted by molar-refractivity contribution is 5.13. The molecule has 1 aromatic rings. The third-order valence-corrected chi connectivity index (χ3v) is 5.76. The Hall–Kier alpha value is -0.340. The molecule has 1 unspecified atom stereocenters. The SMILES string of the molecule is CCCCCCCCCC[N+](C)(CCCCCCC)Cc1ccccc1.[Br-]. The van der Waals surface area contributed by atoms with Crippen LogP contribution in [0.5, 0.6) is 0 Å². The molecule has 0 fully saturated rings. The van der Waals surface area contributed by atoms with E-state index in [1.165, 1.54) is 113 Å². The van der Waals surface area contributed by atoms with E-state index in [1.807, 2.05) is 0 Å². The van der Waals surface area contributed by atoms with Gasteiger partial charge in [0.05, 0.1) is 20.1 Å². The Morgan fingerprint density at radius 2 is 1.00 bits per heavy atom. The molecule has 1 aromatic carbocycles. The van der Waals surface area contributed by atoms with Gasteiger partial charge in [-0.25, -0.2) is 0 Å². The molecule has 0 radical (unpaired) electrons. The van der Waals surface area contributed by atoms with Crippen LogP contribution in [0, 0.1) is 0 Å². The molecule has 27 heavy (non-hydrogen) atoms. The molecule has 2 heteroatoms. The maximum absolute atomic E-state index is 2.49. The Balaban J connectivity index is 0.00000676. The molecule has 1 rings (SSSR count). The Kier molecular flexibility index (Phi) is 17.5. The van der Waals surface area contributed by atoms with Crippen molar-refractivity contribution in [2.24, 2.45) is 0 Å². The first kappa shape index (κ1) is 26.7. The second-order valence-corrected chi connectivity index (χ2v) is 8.60. The summed E-state index contributed by atoms with van der Waals surface area (Å²) in [5, 5.41) is 0. The van der Waals surface area contributed by atoms with Gasteiger partial charge in [-0.2, -0.15) is 0 Å². The average Bonchev–Trinajstić information content (AvgIpc) is 2.64. The zero-order chi connectivity index (χ0) is 18.9. The number of hydrogen-bond acceptors (Lipinski definition) is 0. The van der Waals surface area contributed by atoms with Crippen molar-refractivity contribution in [1.29, 1.82) is 0 Å². The number of nitrogens with zero attached hydrogens (tertiary/aromatic N) is 1. The number of benzene rings is 1. The fourth-order valence-corrected chi connectivity index (χ4v) is 4.02. The van der Waals surface area contributed by atoms with Crippen molar-refractivity contribution in [3.8, 4) is 0 Å². The van der Waals surface area contributed by atoms with Gasteiger partial charge in [-0.1, -0.05) is 102 Å². The van der Waals surface area contributed by atoms with Crippen molar-refractivity contribution >= 4 is 0 Å². The maximum Gasteiger partial charge on any atom is 0.104 e. The van der Waals surface area contributed by atoms with Gasteiger partial charge in [0, 0.05) is 5.56 Å². The molecule has 0 aliphatic heterocycles. The van der Waals surface area contributed by atoms with Crippen molar-refractivity contribution in [3.05, 3.63) is 35.9 Å². The lowest BCUT2D eigenvalue weighted by molar-refractivity contribution is -0.923. The van der Waals surface area contributed by atoms with Crippen LogP contribution in [0.1, 0.15) is 103 Å². The summed E-state index contributed by atoms with van der Waals surface area (Å²) in [6, 6.07) is 11.1. The van der Waals surface area contributed by atoms with Crippen LogP contribution in [-0.2, 0) is 6.54 Å². The summed E-state index contributed by atoms with van der Waals surface area (Å²) in [5.74, 6) is 0. The zero-order valence-electron chi connectivity index (χ0n) is 18.5. The van der Waals surface area contributed by atoms with Gasteiger partial charge in [-0.3, -0.25) is 0 Å². The van der Waals surface area contributed by atoms with Gasteiger partial charge in [0.1, 0.15) is 6.54 Å². The van der Waals surface area contributed by atoms with E-state index in [-0.39, 0.29) is 17.0 Å². The molecule has 0 amide bonds. The second-order valence-electron chi connectivity index (χ2n) is 8.60. The van der Waals surface area contributed by atoms with Crippen LogP contribution >= 0.6 is 0 Å². The number of quaternary nitrogens is 1. The fraction of sp³-hybridized carbons (Fsp3) is 0.760. The molecular formula is C25H46BrN. The zero-order valence-corrected chi connectivity index (χ0v) is 20.1. The van der Waals surface area contributed by atoms with Crippen LogP contribution in [0.3, 0.4) is 0 Å². The monoisotopic (exact) mass is 439 g/mol. The van der Waals surface area contributed by atoms with Gasteiger partial charge in [0.2, 0.25) is 0 Å². The van der Waals surface area contributed by atoms with Crippen LogP contribution < -0.4 is 17.0 Å². The molecule has 1 nitrogen and oxygen atoms in total. The Bertz CT molecular complexity index is 420. The Labute approximate surface area is 181 Å². The summed E-state index contributed by atoms with van der Waals surface area (Å²) >= 11 is 0. The third-order valence-electron chi connectivity index (χ3n) is 5.76. The number of rotatable bonds is 17. The molecule has 0 spiro atoms. The highest BCUT2D eigenvalue weighted by atomic mass is 79.9. The molecule has 0 heterocycles. The summed E-state index contributed by atoms with van der Waals surface area (Å²) in [4.78, 5) is 0. The van der Waals surface area contributed by atoms with Crippen molar-refractivity contribution in [2.45, 2.75) is 104 Å². The third kappa shape index (κ3) is 14.3. The summed E-state index contributed by atoms with van der Waals surface area (Å²) in [6.45, 7) is 8.49. The van der Waals surface area contributed by atoms with Gasteiger partial charge in [0.25, 0.3) is 0 Å². The quantitative estimate of drug-likeness (QED) is 0.242. The second kappa shape index (κ2) is 17.7. The lowest BCUT2D eigenvalue weighted by Gasteiger charge is -2.35. The van der Waals surface area contributed by atoms with E-state index in [0.717, 1.165) is 0 Å². The van der Waals surface area contributed by atoms with Crippen LogP contribution in [0.25, 0.3) is 0 Å². The summed E-state index contributed by atoms with van der Waals surface area (Å²) < 4.78 is 1.23. The molecule has 158 valence electrons. The van der Waals surface area contributed by atoms with Crippen LogP contribution in [0.2, 0.25) is 0 Å². The lowest BCUT2D eigenvalue weighted by atomic mass is 10.1. The van der Waals surface area contributed by atoms with E-state index in [9.17, 15) is 0 Å². The number of unbranched alkanes of at least 4 members (excludes halogenated alkanes) is 11. The molecule has 0 bridgehead atoms. The summed E-state index contributed by atoms with van der Waals surface area (Å²) in [5.41, 5.74) is 1.50. The molecule has 1 atom stereocenters. The summed E-state index contributed by atoms with van der Waals surface area (Å²) in [7, 11) is 2.49. The van der Waals surface area contributed by atoms with Gasteiger partial charge in [-0.15, -0.1) is 0 Å². The van der Waals surface area contributed by atoms with E-state index in [1.54, 1.807) is 0 Å². The molecule has 0 aliphatic carbocycles. The van der Waals surface area contributed by atoms with E-state index in [2.05, 4.69) is 51.2 Å². The molecule has 0 saturated heterocycles. The first-order valence-corrected chi connectivity index (χ1v) is 11.6.